The summed E-state index contributed by atoms with van der Waals surface area (Å²) >= 11 is 3.44. The van der Waals surface area contributed by atoms with Gasteiger partial charge in [-0.3, -0.25) is 0 Å². The van der Waals surface area contributed by atoms with Crippen LogP contribution in [0.25, 0.3) is 0 Å². The van der Waals surface area contributed by atoms with Gasteiger partial charge in [-0.15, -0.1) is 0 Å². The largest absolute Gasteiger partial charge is 0.367 e. The van der Waals surface area contributed by atoms with Gasteiger partial charge >= 0.3 is 0 Å². The van der Waals surface area contributed by atoms with E-state index >= 15 is 0 Å². The van der Waals surface area contributed by atoms with Crippen LogP contribution < -0.4 is 5.32 Å². The van der Waals surface area contributed by atoms with Crippen molar-refractivity contribution in [3.8, 4) is 0 Å². The molecule has 0 aromatic carbocycles. The van der Waals surface area contributed by atoms with E-state index in [-0.39, 0.29) is 0 Å². The van der Waals surface area contributed by atoms with E-state index < -0.39 is 0 Å². The van der Waals surface area contributed by atoms with Crippen molar-refractivity contribution < 1.29 is 0 Å². The fourth-order valence-electron chi connectivity index (χ4n) is 2.28. The molecule has 0 unspecified atom stereocenters. The number of aromatic nitrogens is 1. The average Bonchev–Trinajstić information content (AvgIpc) is 2.34. The molecule has 1 N–H and O–H groups in total. The fraction of sp³-hybridized carbons (Fsp3) is 0.615. The summed E-state index contributed by atoms with van der Waals surface area (Å²) in [6, 6.07) is 2.68. The van der Waals surface area contributed by atoms with Crippen LogP contribution in [0.2, 0.25) is 0 Å². The molecule has 0 amide bonds. The number of nitrogens with one attached hydrogen (secondary N) is 1. The summed E-state index contributed by atoms with van der Waals surface area (Å²) in [4.78, 5) is 6.94. The normalized spacial score (nSPS) is 18.3. The predicted molar refractivity (Wildman–Crippen MR) is 75.4 cm³/mol. The van der Waals surface area contributed by atoms with Crippen LogP contribution in [0.5, 0.6) is 0 Å². The van der Waals surface area contributed by atoms with Gasteiger partial charge in [-0.2, -0.15) is 0 Å². The minimum atomic E-state index is 0.574. The van der Waals surface area contributed by atoms with E-state index in [1.807, 2.05) is 6.20 Å². The highest BCUT2D eigenvalue weighted by Gasteiger charge is 2.18. The van der Waals surface area contributed by atoms with Crippen LogP contribution in [-0.4, -0.2) is 35.6 Å². The van der Waals surface area contributed by atoms with E-state index in [0.29, 0.717) is 6.04 Å². The zero-order valence-electron chi connectivity index (χ0n) is 10.5. The van der Waals surface area contributed by atoms with Gasteiger partial charge in [-0.1, -0.05) is 6.92 Å². The summed E-state index contributed by atoms with van der Waals surface area (Å²) in [5, 5.41) is 3.56. The van der Waals surface area contributed by atoms with Gasteiger partial charge in [-0.25, -0.2) is 4.98 Å². The Bertz CT molecular complexity index is 373. The summed E-state index contributed by atoms with van der Waals surface area (Å²) in [7, 11) is 0. The van der Waals surface area contributed by atoms with Crippen LogP contribution in [-0.2, 0) is 0 Å². The Morgan fingerprint density at radius 3 is 2.76 bits per heavy atom. The minimum Gasteiger partial charge on any atom is -0.367 e. The second-order valence-corrected chi connectivity index (χ2v) is 5.59. The minimum absolute atomic E-state index is 0.574. The summed E-state index contributed by atoms with van der Waals surface area (Å²) in [6.07, 6.45) is 4.28. The van der Waals surface area contributed by atoms with Crippen molar-refractivity contribution in [1.29, 1.82) is 0 Å². The topological polar surface area (TPSA) is 28.2 Å². The number of nitrogens with zero attached hydrogens (tertiary/aromatic N) is 2. The molecule has 0 aliphatic carbocycles. The van der Waals surface area contributed by atoms with Gasteiger partial charge in [-0.05, 0) is 53.9 Å². The molecule has 0 spiro atoms. The average molecular weight is 298 g/mol. The molecule has 1 aromatic heterocycles. The third-order valence-electron chi connectivity index (χ3n) is 3.42. The highest BCUT2D eigenvalue weighted by Crippen LogP contribution is 2.20. The fourth-order valence-corrected chi connectivity index (χ4v) is 2.72. The number of anilines is 1. The van der Waals surface area contributed by atoms with Crippen LogP contribution in [0.15, 0.2) is 16.7 Å². The third-order valence-corrected chi connectivity index (χ3v) is 3.85. The van der Waals surface area contributed by atoms with Crippen molar-refractivity contribution in [2.75, 3.05) is 25.0 Å². The molecule has 17 heavy (non-hydrogen) atoms. The number of aryl methyl sites for hydroxylation is 1. The summed E-state index contributed by atoms with van der Waals surface area (Å²) in [5.74, 6) is 1.03. The van der Waals surface area contributed by atoms with Crippen LogP contribution in [0.4, 0.5) is 5.82 Å². The monoisotopic (exact) mass is 297 g/mol. The number of pyridine rings is 1. The molecule has 1 aliphatic rings. The molecule has 0 radical (unpaired) electrons. The van der Waals surface area contributed by atoms with Gasteiger partial charge in [0, 0.05) is 29.8 Å². The zero-order chi connectivity index (χ0) is 12.3. The van der Waals surface area contributed by atoms with Gasteiger partial charge in [0.15, 0.2) is 0 Å². The molecule has 1 fully saturated rings. The van der Waals surface area contributed by atoms with Gasteiger partial charge in [0.05, 0.1) is 0 Å². The first-order chi connectivity index (χ1) is 8.19. The lowest BCUT2D eigenvalue weighted by Gasteiger charge is -2.32. The van der Waals surface area contributed by atoms with E-state index in [1.165, 1.54) is 38.0 Å². The third kappa shape index (κ3) is 3.42. The van der Waals surface area contributed by atoms with Crippen LogP contribution >= 0.6 is 15.9 Å². The van der Waals surface area contributed by atoms with Gasteiger partial charge in [0.1, 0.15) is 5.82 Å². The van der Waals surface area contributed by atoms with Gasteiger partial charge in [0.2, 0.25) is 0 Å². The van der Waals surface area contributed by atoms with E-state index in [2.05, 4.69) is 51.0 Å². The molecule has 0 saturated carbocycles. The zero-order valence-corrected chi connectivity index (χ0v) is 12.1. The van der Waals surface area contributed by atoms with Crippen molar-refractivity contribution >= 4 is 21.7 Å². The Morgan fingerprint density at radius 1 is 1.47 bits per heavy atom. The number of hydrogen-bond acceptors (Lipinski definition) is 3. The van der Waals surface area contributed by atoms with E-state index in [0.717, 1.165) is 10.3 Å². The summed E-state index contributed by atoms with van der Waals surface area (Å²) < 4.78 is 1.04. The predicted octanol–water partition coefficient (Wildman–Crippen LogP) is 3.05. The number of halogens is 1. The van der Waals surface area contributed by atoms with Crippen molar-refractivity contribution in [3.05, 3.63) is 22.3 Å². The molecule has 94 valence electrons. The van der Waals surface area contributed by atoms with Crippen LogP contribution in [0, 0.1) is 6.92 Å². The van der Waals surface area contributed by atoms with E-state index in [9.17, 15) is 0 Å². The number of likely N-dealkylation sites (tertiary alicyclic amines) is 1. The number of piperidine rings is 1. The van der Waals surface area contributed by atoms with Crippen molar-refractivity contribution in [2.24, 2.45) is 0 Å². The highest BCUT2D eigenvalue weighted by atomic mass is 79.9. The summed E-state index contributed by atoms with van der Waals surface area (Å²) in [5.41, 5.74) is 1.21. The van der Waals surface area contributed by atoms with Crippen LogP contribution in [0.3, 0.4) is 0 Å². The van der Waals surface area contributed by atoms with Crippen LogP contribution in [0.1, 0.15) is 25.3 Å². The lowest BCUT2D eigenvalue weighted by molar-refractivity contribution is 0.229. The lowest BCUT2D eigenvalue weighted by Crippen LogP contribution is -2.39. The summed E-state index contributed by atoms with van der Waals surface area (Å²) in [6.45, 7) is 7.89. The van der Waals surface area contributed by atoms with Gasteiger partial charge < -0.3 is 10.2 Å². The molecular formula is C13H20BrN3. The Labute approximate surface area is 112 Å². The van der Waals surface area contributed by atoms with E-state index in [1.54, 1.807) is 0 Å². The SMILES string of the molecule is CCN1CCC(Nc2ncc(Br)cc2C)CC1. The van der Waals surface area contributed by atoms with E-state index in [4.69, 9.17) is 0 Å². The molecule has 0 atom stereocenters. The molecule has 4 heteroatoms. The Hall–Kier alpha value is -0.610. The first kappa shape index (κ1) is 12.8. The first-order valence-corrected chi connectivity index (χ1v) is 7.09. The standard InChI is InChI=1S/C13H20BrN3/c1-3-17-6-4-12(5-7-17)16-13-10(2)8-11(14)9-15-13/h8-9,12H,3-7H2,1-2H3,(H,15,16). The second-order valence-electron chi connectivity index (χ2n) is 4.67. The number of hydrogen-bond donors (Lipinski definition) is 1. The lowest BCUT2D eigenvalue weighted by atomic mass is 10.0. The maximum absolute atomic E-state index is 4.44. The molecule has 3 nitrogen and oxygen atoms in total. The molecule has 1 aliphatic heterocycles. The second kappa shape index (κ2) is 5.83. The van der Waals surface area contributed by atoms with Crippen molar-refractivity contribution in [1.82, 2.24) is 9.88 Å². The van der Waals surface area contributed by atoms with Crippen molar-refractivity contribution in [2.45, 2.75) is 32.7 Å². The quantitative estimate of drug-likeness (QED) is 0.929. The van der Waals surface area contributed by atoms with Gasteiger partial charge in [0.25, 0.3) is 0 Å². The molecule has 0 bridgehead atoms. The molecule has 2 rings (SSSR count). The smallest absolute Gasteiger partial charge is 0.129 e. The molecular weight excluding hydrogens is 278 g/mol. The molecule has 1 saturated heterocycles. The highest BCUT2D eigenvalue weighted by molar-refractivity contribution is 9.10. The maximum Gasteiger partial charge on any atom is 0.129 e. The Morgan fingerprint density at radius 2 is 2.18 bits per heavy atom. The molecule has 2 heterocycles. The maximum atomic E-state index is 4.44. The Balaban J connectivity index is 1.93. The number of rotatable bonds is 3. The first-order valence-electron chi connectivity index (χ1n) is 6.30. The van der Waals surface area contributed by atoms with Crippen molar-refractivity contribution in [3.63, 3.8) is 0 Å². The molecule has 1 aromatic rings. The Kier molecular flexibility index (Phi) is 4.40.